The molecule has 4 atom stereocenters. The number of amides is 1. The molecule has 1 aliphatic rings. The van der Waals surface area contributed by atoms with Gasteiger partial charge < -0.3 is 9.74 Å². The van der Waals surface area contributed by atoms with Gasteiger partial charge in [-0.2, -0.15) is 0 Å². The summed E-state index contributed by atoms with van der Waals surface area (Å²) >= 11 is 0. The summed E-state index contributed by atoms with van der Waals surface area (Å²) in [5.74, 6) is 3.59. The van der Waals surface area contributed by atoms with E-state index in [4.69, 9.17) is 4.43 Å². The summed E-state index contributed by atoms with van der Waals surface area (Å²) in [4.78, 5) is 12.1. The van der Waals surface area contributed by atoms with Crippen LogP contribution in [0.2, 0.25) is 37.8 Å². The van der Waals surface area contributed by atoms with Crippen molar-refractivity contribution in [1.29, 1.82) is 0 Å². The number of carbonyl (C=O) groups is 1. The number of rotatable bonds is 4. The predicted octanol–water partition coefficient (Wildman–Crippen LogP) is 4.03. The maximum atomic E-state index is 12.1. The zero-order chi connectivity index (χ0) is 18.2. The maximum Gasteiger partial charge on any atom is 0.228 e. The summed E-state index contributed by atoms with van der Waals surface area (Å²) < 4.78 is 6.44. The first-order valence-corrected chi connectivity index (χ1v) is 15.1. The molecule has 1 rings (SSSR count). The molecule has 0 unspecified atom stereocenters. The van der Waals surface area contributed by atoms with Gasteiger partial charge in [0.2, 0.25) is 5.91 Å². The van der Waals surface area contributed by atoms with Crippen LogP contribution in [-0.4, -0.2) is 34.4 Å². The van der Waals surface area contributed by atoms with E-state index in [0.717, 1.165) is 0 Å². The summed E-state index contributed by atoms with van der Waals surface area (Å²) in [5, 5.41) is 3.20. The molecule has 0 aromatic heterocycles. The lowest BCUT2D eigenvalue weighted by Gasteiger charge is -2.46. The number of β-lactam (4-membered cyclic amide) rings is 1. The fourth-order valence-corrected chi connectivity index (χ4v) is 4.58. The molecule has 0 saturated carbocycles. The van der Waals surface area contributed by atoms with Gasteiger partial charge in [0, 0.05) is 5.92 Å². The van der Waals surface area contributed by atoms with E-state index in [2.05, 4.69) is 84.1 Å². The van der Waals surface area contributed by atoms with Gasteiger partial charge in [0.05, 0.1) is 18.1 Å². The summed E-state index contributed by atoms with van der Waals surface area (Å²) in [6.45, 7) is 22.1. The largest absolute Gasteiger partial charge is 0.413 e. The van der Waals surface area contributed by atoms with Crippen LogP contribution >= 0.6 is 0 Å². The van der Waals surface area contributed by atoms with Crippen molar-refractivity contribution in [2.45, 2.75) is 84.5 Å². The lowest BCUT2D eigenvalue weighted by atomic mass is 9.79. The average molecular weight is 354 g/mol. The fourth-order valence-electron chi connectivity index (χ4n) is 2.49. The minimum absolute atomic E-state index is 0.0502. The Morgan fingerprint density at radius 3 is 2.04 bits per heavy atom. The van der Waals surface area contributed by atoms with E-state index in [-0.39, 0.29) is 34.9 Å². The smallest absolute Gasteiger partial charge is 0.228 e. The van der Waals surface area contributed by atoms with Gasteiger partial charge in [-0.1, -0.05) is 40.4 Å². The zero-order valence-electron chi connectivity index (χ0n) is 16.6. The van der Waals surface area contributed by atoms with Crippen molar-refractivity contribution in [3.8, 4) is 11.5 Å². The minimum Gasteiger partial charge on any atom is -0.413 e. The lowest BCUT2D eigenvalue weighted by molar-refractivity contribution is -0.141. The quantitative estimate of drug-likeness (QED) is 0.471. The van der Waals surface area contributed by atoms with Gasteiger partial charge in [0.1, 0.15) is 8.07 Å². The van der Waals surface area contributed by atoms with Crippen LogP contribution in [0.15, 0.2) is 0 Å². The van der Waals surface area contributed by atoms with E-state index < -0.39 is 16.4 Å². The summed E-state index contributed by atoms with van der Waals surface area (Å²) in [6, 6.07) is 0.117. The highest BCUT2D eigenvalue weighted by Gasteiger charge is 2.48. The van der Waals surface area contributed by atoms with Crippen molar-refractivity contribution in [3.05, 3.63) is 0 Å². The zero-order valence-corrected chi connectivity index (χ0v) is 18.6. The molecule has 1 heterocycles. The topological polar surface area (TPSA) is 38.3 Å². The van der Waals surface area contributed by atoms with Gasteiger partial charge in [-0.25, -0.2) is 0 Å². The first kappa shape index (κ1) is 20.5. The molecule has 0 radical (unpaired) electrons. The summed E-state index contributed by atoms with van der Waals surface area (Å²) in [7, 11) is -3.25. The predicted molar refractivity (Wildman–Crippen MR) is 103 cm³/mol. The Kier molecular flexibility index (Phi) is 5.99. The van der Waals surface area contributed by atoms with Gasteiger partial charge in [0.15, 0.2) is 8.32 Å². The number of hydrogen-bond acceptors (Lipinski definition) is 2. The molecule has 5 heteroatoms. The third kappa shape index (κ3) is 5.20. The lowest BCUT2D eigenvalue weighted by Crippen LogP contribution is -2.65. The molecule has 0 aromatic carbocycles. The monoisotopic (exact) mass is 353 g/mol. The third-order valence-corrected chi connectivity index (χ3v) is 10.5. The molecule has 1 saturated heterocycles. The van der Waals surface area contributed by atoms with Crippen LogP contribution < -0.4 is 5.32 Å². The van der Waals surface area contributed by atoms with Crippen molar-refractivity contribution >= 4 is 22.3 Å². The molecule has 0 aromatic rings. The molecule has 1 fully saturated rings. The molecule has 0 spiro atoms. The highest BCUT2D eigenvalue weighted by Crippen LogP contribution is 2.39. The Morgan fingerprint density at radius 2 is 1.65 bits per heavy atom. The van der Waals surface area contributed by atoms with Gasteiger partial charge in [-0.3, -0.25) is 4.79 Å². The van der Waals surface area contributed by atoms with E-state index in [1.807, 2.05) is 0 Å². The third-order valence-electron chi connectivity index (χ3n) is 5.00. The molecule has 0 aliphatic carbocycles. The molecule has 3 nitrogen and oxygen atoms in total. The van der Waals surface area contributed by atoms with Gasteiger partial charge in [-0.15, -0.1) is 11.5 Å². The normalized spacial score (nSPS) is 24.9. The van der Waals surface area contributed by atoms with Crippen molar-refractivity contribution in [3.63, 3.8) is 0 Å². The van der Waals surface area contributed by atoms with Crippen LogP contribution in [-0.2, 0) is 9.22 Å². The summed E-state index contributed by atoms with van der Waals surface area (Å²) in [6.07, 6.45) is -0.0502. The van der Waals surface area contributed by atoms with Crippen molar-refractivity contribution < 1.29 is 9.22 Å². The molecule has 1 amide bonds. The molecule has 1 aliphatic heterocycles. The van der Waals surface area contributed by atoms with Gasteiger partial charge in [-0.05, 0) is 32.0 Å². The Morgan fingerprint density at radius 1 is 1.13 bits per heavy atom. The minimum atomic E-state index is -1.86. The number of nitrogens with one attached hydrogen (secondary N) is 1. The standard InChI is InChI=1S/C18H35NO2Si2/c1-13(11-12-22(6,7)8)16-15(17(20)19-16)14(2)21-23(9,10)18(3,4)5/h13-16H,1-10H3,(H,19,20)/t13-,14-,15-,16-/m1/s1. The van der Waals surface area contributed by atoms with Crippen LogP contribution in [0, 0.1) is 23.3 Å². The average Bonchev–Trinajstić information content (AvgIpc) is 2.29. The van der Waals surface area contributed by atoms with Gasteiger partial charge >= 0.3 is 0 Å². The van der Waals surface area contributed by atoms with E-state index in [1.165, 1.54) is 0 Å². The molecule has 1 N–H and O–H groups in total. The molecular formula is C18H35NO2Si2. The first-order chi connectivity index (χ1) is 10.2. The van der Waals surface area contributed by atoms with Crippen LogP contribution in [0.3, 0.4) is 0 Å². The van der Waals surface area contributed by atoms with Crippen LogP contribution in [0.4, 0.5) is 0 Å². The molecule has 0 bridgehead atoms. The van der Waals surface area contributed by atoms with Crippen molar-refractivity contribution in [1.82, 2.24) is 5.32 Å². The summed E-state index contributed by atoms with van der Waals surface area (Å²) in [5.41, 5.74) is 3.42. The van der Waals surface area contributed by atoms with Crippen LogP contribution in [0.5, 0.6) is 0 Å². The second-order valence-corrected chi connectivity index (χ2v) is 19.0. The van der Waals surface area contributed by atoms with E-state index in [9.17, 15) is 4.79 Å². The van der Waals surface area contributed by atoms with Crippen LogP contribution in [0.1, 0.15) is 34.6 Å². The Bertz CT molecular complexity index is 506. The number of carbonyl (C=O) groups excluding carboxylic acids is 1. The number of hydrogen-bond donors (Lipinski definition) is 1. The second kappa shape index (κ2) is 6.74. The highest BCUT2D eigenvalue weighted by molar-refractivity contribution is 6.83. The Labute approximate surface area is 145 Å². The SMILES string of the molecule is C[C@H](C#C[Si](C)(C)C)[C@H]1NC(=O)[C@@H]1[C@@H](C)O[Si](C)(C)C(C)(C)C. The Hall–Kier alpha value is -0.576. The molecule has 23 heavy (non-hydrogen) atoms. The maximum absolute atomic E-state index is 12.1. The van der Waals surface area contributed by atoms with Gasteiger partial charge in [0.25, 0.3) is 0 Å². The fraction of sp³-hybridized carbons (Fsp3) is 0.833. The van der Waals surface area contributed by atoms with Crippen molar-refractivity contribution in [2.75, 3.05) is 0 Å². The van der Waals surface area contributed by atoms with E-state index >= 15 is 0 Å². The van der Waals surface area contributed by atoms with E-state index in [1.54, 1.807) is 0 Å². The van der Waals surface area contributed by atoms with Crippen molar-refractivity contribution in [2.24, 2.45) is 11.8 Å². The molecular weight excluding hydrogens is 318 g/mol. The Balaban J connectivity index is 2.81. The first-order valence-electron chi connectivity index (χ1n) is 8.66. The second-order valence-electron chi connectivity index (χ2n) is 9.45. The van der Waals surface area contributed by atoms with E-state index in [0.29, 0.717) is 0 Å². The molecule has 132 valence electrons. The highest BCUT2D eigenvalue weighted by atomic mass is 28.4. The van der Waals surface area contributed by atoms with Crippen LogP contribution in [0.25, 0.3) is 0 Å².